The van der Waals surface area contributed by atoms with Gasteiger partial charge in [-0.1, -0.05) is 33.6 Å². The summed E-state index contributed by atoms with van der Waals surface area (Å²) in [6, 6.07) is 2.65. The Morgan fingerprint density at radius 3 is 2.43 bits per heavy atom. The Kier molecular flexibility index (Phi) is 6.73. The van der Waals surface area contributed by atoms with Gasteiger partial charge in [-0.25, -0.2) is 0 Å². The van der Waals surface area contributed by atoms with Gasteiger partial charge in [-0.05, 0) is 66.3 Å². The molecule has 1 saturated carbocycles. The number of thiophene rings is 1. The summed E-state index contributed by atoms with van der Waals surface area (Å²) < 4.78 is 1.28. The SMILES string of the molecule is CCCNC(c1sccc1Br)C1(N(CC)CC)CCCC1. The van der Waals surface area contributed by atoms with Crippen molar-refractivity contribution < 1.29 is 0 Å². The zero-order valence-electron chi connectivity index (χ0n) is 13.6. The van der Waals surface area contributed by atoms with E-state index in [0.717, 1.165) is 19.6 Å². The molecule has 0 amide bonds. The first-order valence-corrected chi connectivity index (χ1v) is 10.1. The molecule has 0 spiro atoms. The summed E-state index contributed by atoms with van der Waals surface area (Å²) in [6.45, 7) is 10.3. The van der Waals surface area contributed by atoms with E-state index in [4.69, 9.17) is 0 Å². The summed E-state index contributed by atoms with van der Waals surface area (Å²) in [5.41, 5.74) is 0.298. The Morgan fingerprint density at radius 1 is 1.29 bits per heavy atom. The van der Waals surface area contributed by atoms with Crippen LogP contribution < -0.4 is 5.32 Å². The molecule has 4 heteroatoms. The third-order valence-corrected chi connectivity index (χ3v) is 6.84. The lowest BCUT2D eigenvalue weighted by Gasteiger charge is -2.46. The summed E-state index contributed by atoms with van der Waals surface area (Å²) in [4.78, 5) is 4.19. The van der Waals surface area contributed by atoms with Crippen molar-refractivity contribution in [1.29, 1.82) is 0 Å². The van der Waals surface area contributed by atoms with Crippen LogP contribution >= 0.6 is 27.3 Å². The molecule has 0 aliphatic heterocycles. The molecule has 1 aromatic rings. The molecular formula is C17H29BrN2S. The van der Waals surface area contributed by atoms with Crippen molar-refractivity contribution in [3.8, 4) is 0 Å². The van der Waals surface area contributed by atoms with Crippen molar-refractivity contribution in [2.45, 2.75) is 64.5 Å². The van der Waals surface area contributed by atoms with Gasteiger partial charge in [-0.3, -0.25) is 4.90 Å². The lowest BCUT2D eigenvalue weighted by Crippen LogP contribution is -2.55. The van der Waals surface area contributed by atoms with Crippen LogP contribution in [-0.4, -0.2) is 30.1 Å². The Bertz CT molecular complexity index is 422. The number of hydrogen-bond donors (Lipinski definition) is 1. The maximum absolute atomic E-state index is 3.88. The maximum atomic E-state index is 3.88. The number of rotatable bonds is 8. The molecule has 1 aliphatic rings. The average Bonchev–Trinajstić information content (AvgIpc) is 3.12. The molecule has 1 aliphatic carbocycles. The van der Waals surface area contributed by atoms with Crippen LogP contribution in [0.15, 0.2) is 15.9 Å². The Labute approximate surface area is 142 Å². The molecule has 1 unspecified atom stereocenters. The summed E-state index contributed by atoms with van der Waals surface area (Å²) in [7, 11) is 0. The highest BCUT2D eigenvalue weighted by Crippen LogP contribution is 2.47. The van der Waals surface area contributed by atoms with Gasteiger partial charge in [0.05, 0.1) is 6.04 Å². The summed E-state index contributed by atoms with van der Waals surface area (Å²) in [6.07, 6.45) is 6.56. The smallest absolute Gasteiger partial charge is 0.0613 e. The largest absolute Gasteiger partial charge is 0.308 e. The molecule has 1 fully saturated rings. The van der Waals surface area contributed by atoms with E-state index in [9.17, 15) is 0 Å². The van der Waals surface area contributed by atoms with Crippen molar-refractivity contribution in [2.24, 2.45) is 0 Å². The van der Waals surface area contributed by atoms with Crippen LogP contribution in [0.25, 0.3) is 0 Å². The van der Waals surface area contributed by atoms with E-state index in [1.54, 1.807) is 0 Å². The van der Waals surface area contributed by atoms with Gasteiger partial charge in [0.25, 0.3) is 0 Å². The standard InChI is InChI=1S/C17H29BrN2S/c1-4-12-19-16(15-14(18)9-13-21-15)17(10-7-8-11-17)20(5-2)6-3/h9,13,16,19H,4-8,10-12H2,1-3H3. The zero-order valence-corrected chi connectivity index (χ0v) is 16.0. The molecule has 1 atom stereocenters. The van der Waals surface area contributed by atoms with Gasteiger partial charge in [0, 0.05) is 14.9 Å². The fourth-order valence-electron chi connectivity index (χ4n) is 3.95. The monoisotopic (exact) mass is 372 g/mol. The van der Waals surface area contributed by atoms with Gasteiger partial charge in [-0.15, -0.1) is 11.3 Å². The van der Waals surface area contributed by atoms with Crippen LogP contribution in [0.3, 0.4) is 0 Å². The third-order valence-electron chi connectivity index (χ3n) is 4.91. The van der Waals surface area contributed by atoms with Crippen LogP contribution in [-0.2, 0) is 0 Å². The van der Waals surface area contributed by atoms with E-state index < -0.39 is 0 Å². The topological polar surface area (TPSA) is 15.3 Å². The highest BCUT2D eigenvalue weighted by molar-refractivity contribution is 9.10. The predicted octanol–water partition coefficient (Wildman–Crippen LogP) is 5.21. The second kappa shape index (κ2) is 8.09. The van der Waals surface area contributed by atoms with Gasteiger partial charge in [-0.2, -0.15) is 0 Å². The molecular weight excluding hydrogens is 344 g/mol. The second-order valence-electron chi connectivity index (χ2n) is 6.00. The molecule has 0 bridgehead atoms. The normalized spacial score (nSPS) is 19.3. The minimum absolute atomic E-state index is 0.298. The van der Waals surface area contributed by atoms with Crippen molar-refractivity contribution in [1.82, 2.24) is 10.2 Å². The fraction of sp³-hybridized carbons (Fsp3) is 0.765. The predicted molar refractivity (Wildman–Crippen MR) is 97.2 cm³/mol. The quantitative estimate of drug-likeness (QED) is 0.673. The van der Waals surface area contributed by atoms with Crippen molar-refractivity contribution in [3.63, 3.8) is 0 Å². The minimum atomic E-state index is 0.298. The first-order valence-electron chi connectivity index (χ1n) is 8.40. The van der Waals surface area contributed by atoms with E-state index in [1.165, 1.54) is 41.5 Å². The number of nitrogens with zero attached hydrogens (tertiary/aromatic N) is 1. The van der Waals surface area contributed by atoms with Crippen LogP contribution in [0.4, 0.5) is 0 Å². The lowest BCUT2D eigenvalue weighted by atomic mass is 9.84. The Hall–Kier alpha value is 0.1000. The van der Waals surface area contributed by atoms with Crippen molar-refractivity contribution >= 4 is 27.3 Å². The van der Waals surface area contributed by atoms with Crippen LogP contribution in [0, 0.1) is 0 Å². The first-order chi connectivity index (χ1) is 10.2. The molecule has 1 N–H and O–H groups in total. The molecule has 0 aromatic carbocycles. The molecule has 2 nitrogen and oxygen atoms in total. The van der Waals surface area contributed by atoms with Crippen LogP contribution in [0.5, 0.6) is 0 Å². The zero-order chi connectivity index (χ0) is 15.3. The van der Waals surface area contributed by atoms with Crippen LogP contribution in [0.1, 0.15) is 63.8 Å². The summed E-state index contributed by atoms with van der Waals surface area (Å²) in [5, 5.41) is 6.10. The molecule has 2 rings (SSSR count). The van der Waals surface area contributed by atoms with Gasteiger partial charge in [0.15, 0.2) is 0 Å². The average molecular weight is 373 g/mol. The van der Waals surface area contributed by atoms with E-state index >= 15 is 0 Å². The maximum Gasteiger partial charge on any atom is 0.0613 e. The van der Waals surface area contributed by atoms with Crippen LogP contribution in [0.2, 0.25) is 0 Å². The number of likely N-dealkylation sites (N-methyl/N-ethyl adjacent to an activating group) is 1. The van der Waals surface area contributed by atoms with E-state index in [0.29, 0.717) is 11.6 Å². The van der Waals surface area contributed by atoms with E-state index in [-0.39, 0.29) is 0 Å². The molecule has 0 radical (unpaired) electrons. The van der Waals surface area contributed by atoms with Crippen molar-refractivity contribution in [2.75, 3.05) is 19.6 Å². The molecule has 21 heavy (non-hydrogen) atoms. The van der Waals surface area contributed by atoms with Gasteiger partial charge in [0.2, 0.25) is 0 Å². The third kappa shape index (κ3) is 3.54. The van der Waals surface area contributed by atoms with E-state index in [1.807, 2.05) is 11.3 Å². The fourth-order valence-corrected chi connectivity index (χ4v) is 5.74. The van der Waals surface area contributed by atoms with E-state index in [2.05, 4.69) is 58.4 Å². The van der Waals surface area contributed by atoms with Crippen molar-refractivity contribution in [3.05, 3.63) is 20.8 Å². The molecule has 1 aromatic heterocycles. The first kappa shape index (κ1) is 17.5. The highest BCUT2D eigenvalue weighted by atomic mass is 79.9. The second-order valence-corrected chi connectivity index (χ2v) is 7.80. The number of nitrogens with one attached hydrogen (secondary N) is 1. The lowest BCUT2D eigenvalue weighted by molar-refractivity contribution is 0.0636. The molecule has 1 heterocycles. The number of hydrogen-bond acceptors (Lipinski definition) is 3. The van der Waals surface area contributed by atoms with Gasteiger partial charge in [0.1, 0.15) is 0 Å². The molecule has 120 valence electrons. The Balaban J connectivity index is 2.38. The van der Waals surface area contributed by atoms with Gasteiger partial charge < -0.3 is 5.32 Å². The summed E-state index contributed by atoms with van der Waals surface area (Å²) >= 11 is 5.67. The minimum Gasteiger partial charge on any atom is -0.308 e. The Morgan fingerprint density at radius 2 is 1.95 bits per heavy atom. The van der Waals surface area contributed by atoms with Gasteiger partial charge >= 0.3 is 0 Å². The summed E-state index contributed by atoms with van der Waals surface area (Å²) in [5.74, 6) is 0. The highest BCUT2D eigenvalue weighted by Gasteiger charge is 2.46. The molecule has 0 saturated heterocycles. The number of halogens is 1.